The van der Waals surface area contributed by atoms with Crippen molar-refractivity contribution >= 4 is 6.29 Å². The van der Waals surface area contributed by atoms with Gasteiger partial charge in [-0.15, -0.1) is 0 Å². The maximum absolute atomic E-state index is 11.2. The number of hydrogen-bond acceptors (Lipinski definition) is 1. The van der Waals surface area contributed by atoms with E-state index in [2.05, 4.69) is 13.8 Å². The van der Waals surface area contributed by atoms with Gasteiger partial charge < -0.3 is 4.79 Å². The lowest BCUT2D eigenvalue weighted by molar-refractivity contribution is -0.118. The predicted octanol–water partition coefficient (Wildman–Crippen LogP) is 3.96. The van der Waals surface area contributed by atoms with E-state index in [-0.39, 0.29) is 5.41 Å². The summed E-state index contributed by atoms with van der Waals surface area (Å²) in [4.78, 5) is 11.2. The molecule has 0 aromatic carbocycles. The van der Waals surface area contributed by atoms with Crippen LogP contribution in [0, 0.1) is 11.3 Å². The first-order valence-corrected chi connectivity index (χ1v) is 6.15. The lowest BCUT2D eigenvalue weighted by atomic mass is 9.72. The predicted molar refractivity (Wildman–Crippen MR) is 60.3 cm³/mol. The molecule has 1 aliphatic rings. The first-order chi connectivity index (χ1) is 6.68. The van der Waals surface area contributed by atoms with Gasteiger partial charge in [0.05, 0.1) is 0 Å². The maximum atomic E-state index is 11.2. The molecule has 0 radical (unpaired) electrons. The molecule has 0 aromatic heterocycles. The highest BCUT2D eigenvalue weighted by Gasteiger charge is 2.30. The zero-order chi connectivity index (χ0) is 10.4. The molecule has 1 saturated carbocycles. The van der Waals surface area contributed by atoms with Gasteiger partial charge in [-0.05, 0) is 25.2 Å². The minimum absolute atomic E-state index is 0.0765. The van der Waals surface area contributed by atoms with Crippen LogP contribution < -0.4 is 0 Å². The first kappa shape index (κ1) is 11.7. The molecule has 1 heteroatoms. The first-order valence-electron chi connectivity index (χ1n) is 6.15. The highest BCUT2D eigenvalue weighted by molar-refractivity contribution is 5.59. The van der Waals surface area contributed by atoms with Crippen LogP contribution in [-0.4, -0.2) is 6.29 Å². The van der Waals surface area contributed by atoms with Crippen LogP contribution in [0.3, 0.4) is 0 Å². The second kappa shape index (κ2) is 5.53. The Kier molecular flexibility index (Phi) is 4.64. The Labute approximate surface area is 88.3 Å². The average Bonchev–Trinajstić information content (AvgIpc) is 2.19. The van der Waals surface area contributed by atoms with Crippen LogP contribution in [0.25, 0.3) is 0 Å². The van der Waals surface area contributed by atoms with Crippen LogP contribution in [-0.2, 0) is 4.79 Å². The summed E-state index contributed by atoms with van der Waals surface area (Å²) in [6, 6.07) is 0. The number of hydrogen-bond donors (Lipinski definition) is 0. The van der Waals surface area contributed by atoms with Crippen LogP contribution >= 0.6 is 0 Å². The van der Waals surface area contributed by atoms with E-state index in [0.717, 1.165) is 25.2 Å². The molecule has 1 rings (SSSR count). The molecular weight excluding hydrogens is 172 g/mol. The summed E-state index contributed by atoms with van der Waals surface area (Å²) in [5.74, 6) is 0.780. The lowest BCUT2D eigenvalue weighted by Gasteiger charge is -2.32. The summed E-state index contributed by atoms with van der Waals surface area (Å²) >= 11 is 0. The maximum Gasteiger partial charge on any atom is 0.126 e. The topological polar surface area (TPSA) is 17.1 Å². The quantitative estimate of drug-likeness (QED) is 0.608. The van der Waals surface area contributed by atoms with Gasteiger partial charge in [-0.25, -0.2) is 0 Å². The fraction of sp³-hybridized carbons (Fsp3) is 0.923. The molecule has 0 amide bonds. The van der Waals surface area contributed by atoms with Crippen LogP contribution in [0.5, 0.6) is 0 Å². The molecule has 0 aromatic rings. The zero-order valence-corrected chi connectivity index (χ0v) is 9.72. The highest BCUT2D eigenvalue weighted by atomic mass is 16.1. The van der Waals surface area contributed by atoms with Gasteiger partial charge in [-0.2, -0.15) is 0 Å². The van der Waals surface area contributed by atoms with E-state index in [9.17, 15) is 4.79 Å². The van der Waals surface area contributed by atoms with Crippen molar-refractivity contribution in [3.63, 3.8) is 0 Å². The number of aldehydes is 1. The van der Waals surface area contributed by atoms with Gasteiger partial charge in [0.2, 0.25) is 0 Å². The van der Waals surface area contributed by atoms with Crippen molar-refractivity contribution in [3.8, 4) is 0 Å². The molecule has 1 aliphatic carbocycles. The van der Waals surface area contributed by atoms with Gasteiger partial charge in [-0.1, -0.05) is 46.0 Å². The number of carbonyl (C=O) groups is 1. The highest BCUT2D eigenvalue weighted by Crippen LogP contribution is 2.38. The van der Waals surface area contributed by atoms with Crippen molar-refractivity contribution in [1.82, 2.24) is 0 Å². The Bertz CT molecular complexity index is 166. The van der Waals surface area contributed by atoms with E-state index in [0.29, 0.717) is 0 Å². The summed E-state index contributed by atoms with van der Waals surface area (Å²) < 4.78 is 0. The van der Waals surface area contributed by atoms with Gasteiger partial charge in [0.15, 0.2) is 0 Å². The SMILES string of the molecule is CC(C)CCCC1(C=O)CCCCC1. The van der Waals surface area contributed by atoms with Gasteiger partial charge in [-0.3, -0.25) is 0 Å². The normalized spacial score (nSPS) is 21.1. The summed E-state index contributed by atoms with van der Waals surface area (Å²) in [5.41, 5.74) is 0.0765. The standard InChI is InChI=1S/C13H24O/c1-12(2)7-6-10-13(11-14)8-4-3-5-9-13/h11-12H,3-10H2,1-2H3. The van der Waals surface area contributed by atoms with Crippen LogP contribution in [0.15, 0.2) is 0 Å². The van der Waals surface area contributed by atoms with E-state index in [4.69, 9.17) is 0 Å². The molecule has 0 bridgehead atoms. The lowest BCUT2D eigenvalue weighted by Crippen LogP contribution is -2.25. The smallest absolute Gasteiger partial charge is 0.126 e. The zero-order valence-electron chi connectivity index (χ0n) is 9.72. The van der Waals surface area contributed by atoms with Crippen molar-refractivity contribution in [2.75, 3.05) is 0 Å². The van der Waals surface area contributed by atoms with E-state index in [1.54, 1.807) is 0 Å². The summed E-state index contributed by atoms with van der Waals surface area (Å²) in [6.45, 7) is 4.52. The Morgan fingerprint density at radius 3 is 2.36 bits per heavy atom. The minimum Gasteiger partial charge on any atom is -0.303 e. The van der Waals surface area contributed by atoms with Crippen LogP contribution in [0.2, 0.25) is 0 Å². The summed E-state index contributed by atoms with van der Waals surface area (Å²) in [5, 5.41) is 0. The number of carbonyl (C=O) groups excluding carboxylic acids is 1. The van der Waals surface area contributed by atoms with Crippen LogP contribution in [0.1, 0.15) is 65.2 Å². The Morgan fingerprint density at radius 1 is 1.21 bits per heavy atom. The Balaban J connectivity index is 2.32. The van der Waals surface area contributed by atoms with Gasteiger partial charge in [0.25, 0.3) is 0 Å². The molecule has 0 aliphatic heterocycles. The molecule has 0 atom stereocenters. The molecule has 1 fully saturated rings. The average molecular weight is 196 g/mol. The molecule has 82 valence electrons. The monoisotopic (exact) mass is 196 g/mol. The fourth-order valence-corrected chi connectivity index (χ4v) is 2.55. The van der Waals surface area contributed by atoms with Gasteiger partial charge in [0.1, 0.15) is 6.29 Å². The molecule has 14 heavy (non-hydrogen) atoms. The molecule has 0 spiro atoms. The van der Waals surface area contributed by atoms with E-state index < -0.39 is 0 Å². The minimum atomic E-state index is 0.0765. The van der Waals surface area contributed by atoms with Gasteiger partial charge in [0, 0.05) is 5.41 Å². The molecule has 0 heterocycles. The second-order valence-electron chi connectivity index (χ2n) is 5.33. The van der Waals surface area contributed by atoms with Crippen molar-refractivity contribution in [3.05, 3.63) is 0 Å². The second-order valence-corrected chi connectivity index (χ2v) is 5.33. The summed E-state index contributed by atoms with van der Waals surface area (Å²) in [7, 11) is 0. The van der Waals surface area contributed by atoms with E-state index >= 15 is 0 Å². The Morgan fingerprint density at radius 2 is 1.86 bits per heavy atom. The van der Waals surface area contributed by atoms with Crippen LogP contribution in [0.4, 0.5) is 0 Å². The van der Waals surface area contributed by atoms with Gasteiger partial charge >= 0.3 is 0 Å². The number of rotatable bonds is 5. The third-order valence-electron chi connectivity index (χ3n) is 3.56. The van der Waals surface area contributed by atoms with Crippen molar-refractivity contribution < 1.29 is 4.79 Å². The third kappa shape index (κ3) is 3.43. The molecular formula is C13H24O. The summed E-state index contributed by atoms with van der Waals surface area (Å²) in [6.07, 6.45) is 11.1. The third-order valence-corrected chi connectivity index (χ3v) is 3.56. The van der Waals surface area contributed by atoms with Crippen molar-refractivity contribution in [2.24, 2.45) is 11.3 Å². The molecule has 0 unspecified atom stereocenters. The van der Waals surface area contributed by atoms with E-state index in [1.807, 2.05) is 0 Å². The van der Waals surface area contributed by atoms with Crippen molar-refractivity contribution in [2.45, 2.75) is 65.2 Å². The largest absolute Gasteiger partial charge is 0.303 e. The molecule has 1 nitrogen and oxygen atoms in total. The Hall–Kier alpha value is -0.330. The fourth-order valence-electron chi connectivity index (χ4n) is 2.55. The molecule has 0 N–H and O–H groups in total. The van der Waals surface area contributed by atoms with E-state index in [1.165, 1.54) is 38.4 Å². The molecule has 0 saturated heterocycles. The van der Waals surface area contributed by atoms with Crippen molar-refractivity contribution in [1.29, 1.82) is 0 Å².